The van der Waals surface area contributed by atoms with Crippen LogP contribution in [-0.2, 0) is 4.79 Å². The minimum atomic E-state index is -0.475. The SMILES string of the molecule is O=C(CSc1nnc2c(n1)[nH]c1ccccc12)NC(=O)NCCC1=CCCCC1. The number of benzene rings is 1. The van der Waals surface area contributed by atoms with E-state index >= 15 is 0 Å². The lowest BCUT2D eigenvalue weighted by Crippen LogP contribution is -2.40. The van der Waals surface area contributed by atoms with Crippen molar-refractivity contribution in [2.24, 2.45) is 0 Å². The van der Waals surface area contributed by atoms with Crippen molar-refractivity contribution in [3.63, 3.8) is 0 Å². The molecule has 0 fully saturated rings. The third-order valence-electron chi connectivity index (χ3n) is 4.80. The first-order chi connectivity index (χ1) is 14.2. The molecule has 0 radical (unpaired) electrons. The van der Waals surface area contributed by atoms with E-state index in [1.54, 1.807) is 0 Å². The summed E-state index contributed by atoms with van der Waals surface area (Å²) in [7, 11) is 0. The zero-order valence-corrected chi connectivity index (χ0v) is 16.7. The van der Waals surface area contributed by atoms with E-state index in [9.17, 15) is 9.59 Å². The lowest BCUT2D eigenvalue weighted by atomic mass is 9.97. The number of para-hydroxylation sites is 1. The van der Waals surface area contributed by atoms with Crippen LogP contribution in [0.1, 0.15) is 32.1 Å². The molecular weight excluding hydrogens is 388 g/mol. The molecule has 4 rings (SSSR count). The van der Waals surface area contributed by atoms with Gasteiger partial charge in [0.1, 0.15) is 5.52 Å². The van der Waals surface area contributed by atoms with E-state index in [4.69, 9.17) is 0 Å². The molecule has 3 N–H and O–H groups in total. The first-order valence-electron chi connectivity index (χ1n) is 9.68. The fraction of sp³-hybridized carbons (Fsp3) is 0.350. The monoisotopic (exact) mass is 410 g/mol. The van der Waals surface area contributed by atoms with E-state index < -0.39 is 11.9 Å². The molecule has 0 unspecified atom stereocenters. The van der Waals surface area contributed by atoms with Crippen molar-refractivity contribution in [3.05, 3.63) is 35.9 Å². The average molecular weight is 411 g/mol. The summed E-state index contributed by atoms with van der Waals surface area (Å²) in [5.74, 6) is -0.365. The summed E-state index contributed by atoms with van der Waals surface area (Å²) < 4.78 is 0. The zero-order chi connectivity index (χ0) is 20.1. The Labute approximate surface area is 171 Å². The number of thioether (sulfide) groups is 1. The molecule has 1 aromatic carbocycles. The lowest BCUT2D eigenvalue weighted by Gasteiger charge is -2.13. The minimum absolute atomic E-state index is 0.0337. The highest BCUT2D eigenvalue weighted by molar-refractivity contribution is 7.99. The van der Waals surface area contributed by atoms with Gasteiger partial charge in [0.15, 0.2) is 5.65 Å². The number of rotatable bonds is 6. The van der Waals surface area contributed by atoms with Crippen LogP contribution < -0.4 is 10.6 Å². The van der Waals surface area contributed by atoms with Crippen LogP contribution in [0.15, 0.2) is 41.1 Å². The molecule has 0 bridgehead atoms. The van der Waals surface area contributed by atoms with Crippen molar-refractivity contribution >= 4 is 45.8 Å². The molecule has 150 valence electrons. The average Bonchev–Trinajstić information content (AvgIpc) is 3.11. The number of hydrogen-bond donors (Lipinski definition) is 3. The van der Waals surface area contributed by atoms with Gasteiger partial charge in [-0.25, -0.2) is 9.78 Å². The van der Waals surface area contributed by atoms with Gasteiger partial charge in [-0.3, -0.25) is 10.1 Å². The third-order valence-corrected chi connectivity index (χ3v) is 5.64. The van der Waals surface area contributed by atoms with Crippen LogP contribution in [0.2, 0.25) is 0 Å². The molecule has 1 aliphatic carbocycles. The summed E-state index contributed by atoms with van der Waals surface area (Å²) in [6, 6.07) is 7.29. The Morgan fingerprint density at radius 2 is 2.07 bits per heavy atom. The topological polar surface area (TPSA) is 113 Å². The van der Waals surface area contributed by atoms with Gasteiger partial charge in [0.25, 0.3) is 0 Å². The Bertz CT molecular complexity index is 1080. The van der Waals surface area contributed by atoms with Crippen LogP contribution in [0.25, 0.3) is 22.1 Å². The summed E-state index contributed by atoms with van der Waals surface area (Å²) in [5.41, 5.74) is 3.64. The number of urea groups is 1. The number of allylic oxidation sites excluding steroid dienone is 1. The van der Waals surface area contributed by atoms with Gasteiger partial charge >= 0.3 is 6.03 Å². The van der Waals surface area contributed by atoms with E-state index in [1.807, 2.05) is 24.3 Å². The smallest absolute Gasteiger partial charge is 0.321 e. The molecule has 29 heavy (non-hydrogen) atoms. The molecule has 2 heterocycles. The number of fused-ring (bicyclic) bond motifs is 3. The number of nitrogens with one attached hydrogen (secondary N) is 3. The van der Waals surface area contributed by atoms with Gasteiger partial charge < -0.3 is 10.3 Å². The van der Waals surface area contributed by atoms with E-state index in [0.29, 0.717) is 22.9 Å². The second-order valence-electron chi connectivity index (χ2n) is 6.91. The number of carbonyl (C=O) groups is 2. The van der Waals surface area contributed by atoms with Gasteiger partial charge in [0.05, 0.1) is 5.75 Å². The number of amides is 3. The maximum Gasteiger partial charge on any atom is 0.321 e. The standard InChI is InChI=1S/C20H22N6O2S/c27-16(23-19(28)21-11-10-13-6-2-1-3-7-13)12-29-20-24-18-17(25-26-20)14-8-4-5-9-15(14)22-18/h4-6,8-9H,1-3,7,10-12H2,(H,22,24,26)(H2,21,23,27,28). The van der Waals surface area contributed by atoms with Crippen LogP contribution in [0.3, 0.4) is 0 Å². The van der Waals surface area contributed by atoms with Gasteiger partial charge in [-0.2, -0.15) is 0 Å². The summed E-state index contributed by atoms with van der Waals surface area (Å²) in [4.78, 5) is 31.5. The number of aromatic amines is 1. The first kappa shape index (κ1) is 19.4. The molecule has 3 aromatic rings. The summed E-state index contributed by atoms with van der Waals surface area (Å²) in [5, 5.41) is 14.7. The maximum absolute atomic E-state index is 12.0. The van der Waals surface area contributed by atoms with Crippen molar-refractivity contribution in [1.82, 2.24) is 30.8 Å². The predicted molar refractivity (Wildman–Crippen MR) is 113 cm³/mol. The van der Waals surface area contributed by atoms with Gasteiger partial charge in [-0.1, -0.05) is 41.6 Å². The van der Waals surface area contributed by atoms with Crippen LogP contribution in [0.4, 0.5) is 4.79 Å². The number of imide groups is 1. The Kier molecular flexibility index (Phi) is 6.04. The van der Waals surface area contributed by atoms with Crippen LogP contribution in [0.5, 0.6) is 0 Å². The molecule has 0 saturated heterocycles. The molecule has 8 nitrogen and oxygen atoms in total. The Morgan fingerprint density at radius 1 is 1.17 bits per heavy atom. The van der Waals surface area contributed by atoms with E-state index in [2.05, 4.69) is 36.9 Å². The fourth-order valence-corrected chi connectivity index (χ4v) is 3.96. The van der Waals surface area contributed by atoms with Crippen LogP contribution >= 0.6 is 11.8 Å². The number of carbonyl (C=O) groups excluding carboxylic acids is 2. The Hall–Kier alpha value is -2.94. The number of aromatic nitrogens is 4. The van der Waals surface area contributed by atoms with E-state index in [0.717, 1.165) is 41.9 Å². The molecule has 1 aliphatic rings. The first-order valence-corrected chi connectivity index (χ1v) is 10.7. The molecular formula is C20H22N6O2S. The van der Waals surface area contributed by atoms with Crippen molar-refractivity contribution in [2.75, 3.05) is 12.3 Å². The highest BCUT2D eigenvalue weighted by atomic mass is 32.2. The second-order valence-corrected chi connectivity index (χ2v) is 7.86. The maximum atomic E-state index is 12.0. The van der Waals surface area contributed by atoms with Crippen molar-refractivity contribution in [1.29, 1.82) is 0 Å². The molecule has 0 saturated carbocycles. The molecule has 2 aromatic heterocycles. The van der Waals surface area contributed by atoms with Gasteiger partial charge in [0.2, 0.25) is 11.1 Å². The zero-order valence-electron chi connectivity index (χ0n) is 15.9. The number of H-pyrrole nitrogens is 1. The second kappa shape index (κ2) is 9.04. The van der Waals surface area contributed by atoms with Crippen molar-refractivity contribution in [2.45, 2.75) is 37.3 Å². The minimum Gasteiger partial charge on any atom is -0.338 e. The Morgan fingerprint density at radius 3 is 2.93 bits per heavy atom. The van der Waals surface area contributed by atoms with E-state index in [1.165, 1.54) is 18.4 Å². The quantitative estimate of drug-likeness (QED) is 0.424. The third kappa shape index (κ3) is 4.92. The highest BCUT2D eigenvalue weighted by Gasteiger charge is 2.12. The summed E-state index contributed by atoms with van der Waals surface area (Å²) in [6.45, 7) is 0.530. The van der Waals surface area contributed by atoms with E-state index in [-0.39, 0.29) is 5.75 Å². The number of hydrogen-bond acceptors (Lipinski definition) is 6. The van der Waals surface area contributed by atoms with Gasteiger partial charge in [-0.15, -0.1) is 10.2 Å². The van der Waals surface area contributed by atoms with Gasteiger partial charge in [-0.05, 0) is 38.2 Å². The molecule has 0 spiro atoms. The van der Waals surface area contributed by atoms with Crippen LogP contribution in [-0.4, -0.2) is 44.4 Å². The van der Waals surface area contributed by atoms with Crippen molar-refractivity contribution in [3.8, 4) is 0 Å². The normalized spacial score (nSPS) is 14.0. The molecule has 0 atom stereocenters. The highest BCUT2D eigenvalue weighted by Crippen LogP contribution is 2.23. The molecule has 3 amide bonds. The number of nitrogens with zero attached hydrogens (tertiary/aromatic N) is 3. The van der Waals surface area contributed by atoms with Crippen molar-refractivity contribution < 1.29 is 9.59 Å². The summed E-state index contributed by atoms with van der Waals surface area (Å²) >= 11 is 1.14. The molecule has 9 heteroatoms. The van der Waals surface area contributed by atoms with Crippen LogP contribution in [0, 0.1) is 0 Å². The fourth-order valence-electron chi connectivity index (χ4n) is 3.37. The predicted octanol–water partition coefficient (Wildman–Crippen LogP) is 3.31. The lowest BCUT2D eigenvalue weighted by molar-refractivity contribution is -0.117. The molecule has 0 aliphatic heterocycles. The largest absolute Gasteiger partial charge is 0.338 e. The summed E-state index contributed by atoms with van der Waals surface area (Å²) in [6.07, 6.45) is 7.78. The van der Waals surface area contributed by atoms with Gasteiger partial charge in [0, 0.05) is 17.4 Å². The Balaban J connectivity index is 1.25.